The summed E-state index contributed by atoms with van der Waals surface area (Å²) in [5.74, 6) is 0. The lowest BCUT2D eigenvalue weighted by atomic mass is 10.1. The standard InChI is InChI=1S/C29H28ClN5O2/c1-19-23(8-6-14-31-19)33-26-15-27-29(16-25(26)32-17-22(37-3)18-36-2)35(21-12-10-20(30)11-13-21)28-9-5-4-7-24(28)34-27/h4-16,22,33H,17-18H2,1-3H3/b32-25+. The zero-order valence-corrected chi connectivity index (χ0v) is 21.7. The van der Waals surface area contributed by atoms with E-state index in [1.807, 2.05) is 67.6 Å². The van der Waals surface area contributed by atoms with Crippen molar-refractivity contribution < 1.29 is 9.47 Å². The van der Waals surface area contributed by atoms with Crippen LogP contribution in [0, 0.1) is 6.92 Å². The fourth-order valence-electron chi connectivity index (χ4n) is 4.28. The number of pyridine rings is 1. The Morgan fingerprint density at radius 3 is 2.57 bits per heavy atom. The molecule has 1 N–H and O–H groups in total. The lowest BCUT2D eigenvalue weighted by molar-refractivity contribution is 0.0340. The van der Waals surface area contributed by atoms with Crippen LogP contribution in [0.2, 0.25) is 5.02 Å². The zero-order valence-electron chi connectivity index (χ0n) is 21.0. The summed E-state index contributed by atoms with van der Waals surface area (Å²) < 4.78 is 13.0. The highest BCUT2D eigenvalue weighted by molar-refractivity contribution is 6.30. The normalized spacial score (nSPS) is 12.8. The first-order valence-corrected chi connectivity index (χ1v) is 12.4. The molecule has 0 fully saturated rings. The first-order chi connectivity index (χ1) is 18.1. The molecule has 1 aliphatic heterocycles. The number of aromatic nitrogens is 3. The minimum absolute atomic E-state index is 0.160. The second-order valence-electron chi connectivity index (χ2n) is 8.69. The van der Waals surface area contributed by atoms with Crippen molar-refractivity contribution in [3.63, 3.8) is 0 Å². The molecule has 1 aromatic heterocycles. The summed E-state index contributed by atoms with van der Waals surface area (Å²) in [6.45, 7) is 2.87. The van der Waals surface area contributed by atoms with Crippen LogP contribution in [0.15, 0.2) is 84.0 Å². The molecule has 2 aromatic carbocycles. The highest BCUT2D eigenvalue weighted by atomic mass is 35.5. The van der Waals surface area contributed by atoms with Gasteiger partial charge in [-0.2, -0.15) is 0 Å². The van der Waals surface area contributed by atoms with Crippen LogP contribution >= 0.6 is 11.6 Å². The largest absolute Gasteiger partial charge is 0.382 e. The van der Waals surface area contributed by atoms with Crippen LogP contribution in [0.25, 0.3) is 28.1 Å². The van der Waals surface area contributed by atoms with E-state index in [9.17, 15) is 0 Å². The van der Waals surface area contributed by atoms with Gasteiger partial charge in [0.05, 0.1) is 64.1 Å². The van der Waals surface area contributed by atoms with E-state index in [2.05, 4.69) is 27.0 Å². The molecule has 1 atom stereocenters. The van der Waals surface area contributed by atoms with Crippen molar-refractivity contribution in [2.24, 2.45) is 4.99 Å². The number of aryl methyl sites for hydroxylation is 1. The molecular formula is C29H28ClN5O2. The molecule has 0 amide bonds. The molecule has 0 saturated carbocycles. The van der Waals surface area contributed by atoms with Gasteiger partial charge in [0.25, 0.3) is 0 Å². The molecule has 0 bridgehead atoms. The molecule has 8 heteroatoms. The van der Waals surface area contributed by atoms with E-state index in [1.165, 1.54) is 0 Å². The summed E-state index contributed by atoms with van der Waals surface area (Å²) in [5, 5.41) is 5.00. The maximum absolute atomic E-state index is 6.21. The average Bonchev–Trinajstić information content (AvgIpc) is 2.91. The van der Waals surface area contributed by atoms with Gasteiger partial charge in [-0.1, -0.05) is 23.7 Å². The molecule has 5 rings (SSSR count). The number of nitrogens with zero attached hydrogens (tertiary/aromatic N) is 4. The average molecular weight is 514 g/mol. The van der Waals surface area contributed by atoms with Gasteiger partial charge >= 0.3 is 0 Å². The van der Waals surface area contributed by atoms with Crippen LogP contribution in [-0.2, 0) is 9.47 Å². The van der Waals surface area contributed by atoms with Crippen molar-refractivity contribution in [1.82, 2.24) is 14.5 Å². The van der Waals surface area contributed by atoms with Crippen LogP contribution < -0.4 is 10.7 Å². The Kier molecular flexibility index (Phi) is 7.46. The van der Waals surface area contributed by atoms with E-state index in [0.717, 1.165) is 50.5 Å². The van der Waals surface area contributed by atoms with Crippen LogP contribution in [0.4, 0.5) is 11.4 Å². The molecule has 7 nitrogen and oxygen atoms in total. The van der Waals surface area contributed by atoms with Crippen LogP contribution in [-0.4, -0.2) is 48.0 Å². The predicted octanol–water partition coefficient (Wildman–Crippen LogP) is 5.79. The van der Waals surface area contributed by atoms with Crippen molar-refractivity contribution in [3.8, 4) is 17.1 Å². The molecule has 0 radical (unpaired) electrons. The fraction of sp³-hybridized carbons (Fsp3) is 0.207. The minimum Gasteiger partial charge on any atom is -0.382 e. The summed E-state index contributed by atoms with van der Waals surface area (Å²) in [6, 6.07) is 23.9. The number of fused-ring (bicyclic) bond motifs is 2. The Balaban J connectivity index is 1.77. The molecule has 2 aliphatic rings. The topological polar surface area (TPSA) is 73.6 Å². The quantitative estimate of drug-likeness (QED) is 0.266. The first-order valence-electron chi connectivity index (χ1n) is 12.0. The van der Waals surface area contributed by atoms with Crippen molar-refractivity contribution in [3.05, 3.63) is 95.1 Å². The second-order valence-corrected chi connectivity index (χ2v) is 9.12. The van der Waals surface area contributed by atoms with E-state index in [1.54, 1.807) is 20.4 Å². The van der Waals surface area contributed by atoms with E-state index in [4.69, 9.17) is 31.1 Å². The maximum atomic E-state index is 6.21. The summed E-state index contributed by atoms with van der Waals surface area (Å²) in [5.41, 5.74) is 7.25. The van der Waals surface area contributed by atoms with Gasteiger partial charge in [-0.05, 0) is 67.6 Å². The van der Waals surface area contributed by atoms with Gasteiger partial charge in [0.2, 0.25) is 0 Å². The Hall–Kier alpha value is -3.78. The lowest BCUT2D eigenvalue weighted by Gasteiger charge is -2.20. The number of nitrogens with one attached hydrogen (secondary N) is 1. The first kappa shape index (κ1) is 24.9. The summed E-state index contributed by atoms with van der Waals surface area (Å²) in [7, 11) is 3.33. The Labute approximate surface area is 220 Å². The Morgan fingerprint density at radius 1 is 1.00 bits per heavy atom. The van der Waals surface area contributed by atoms with E-state index >= 15 is 0 Å². The number of methoxy groups -OCH3 is 2. The number of rotatable bonds is 8. The minimum atomic E-state index is -0.160. The lowest BCUT2D eigenvalue weighted by Crippen LogP contribution is -2.23. The summed E-state index contributed by atoms with van der Waals surface area (Å²) in [6.07, 6.45) is 1.62. The molecule has 1 unspecified atom stereocenters. The van der Waals surface area contributed by atoms with Crippen LogP contribution in [0.3, 0.4) is 0 Å². The van der Waals surface area contributed by atoms with E-state index in [0.29, 0.717) is 18.2 Å². The van der Waals surface area contributed by atoms with Gasteiger partial charge in [-0.3, -0.25) is 9.98 Å². The molecule has 3 aromatic rings. The second kappa shape index (κ2) is 11.1. The third-order valence-corrected chi connectivity index (χ3v) is 6.46. The van der Waals surface area contributed by atoms with Gasteiger partial charge in [0.15, 0.2) is 0 Å². The molecule has 0 saturated heterocycles. The Bertz CT molecular complexity index is 1570. The number of hydrogen-bond donors (Lipinski definition) is 1. The van der Waals surface area contributed by atoms with Gasteiger partial charge in [0.1, 0.15) is 0 Å². The number of anilines is 2. The summed E-state index contributed by atoms with van der Waals surface area (Å²) in [4.78, 5) is 14.4. The highest BCUT2D eigenvalue weighted by Crippen LogP contribution is 2.31. The van der Waals surface area contributed by atoms with Crippen molar-refractivity contribution in [2.75, 3.05) is 32.7 Å². The zero-order chi connectivity index (χ0) is 25.8. The van der Waals surface area contributed by atoms with Gasteiger partial charge in [-0.15, -0.1) is 0 Å². The highest BCUT2D eigenvalue weighted by Gasteiger charge is 2.17. The third-order valence-electron chi connectivity index (χ3n) is 6.21. The SMILES string of the molecule is COCC(C/N=c1\cc2n(-c3ccc(Cl)cc3)c3ccccc3nc-2cc1Nc1cccnc1C)OC. The van der Waals surface area contributed by atoms with Gasteiger partial charge in [-0.25, -0.2) is 4.98 Å². The number of halogens is 1. The number of hydrogen-bond acceptors (Lipinski definition) is 6. The predicted molar refractivity (Wildman–Crippen MR) is 148 cm³/mol. The smallest absolute Gasteiger partial charge is 0.0999 e. The van der Waals surface area contributed by atoms with Crippen molar-refractivity contribution >= 4 is 34.0 Å². The number of benzene rings is 3. The fourth-order valence-corrected chi connectivity index (χ4v) is 4.41. The third kappa shape index (κ3) is 5.34. The van der Waals surface area contributed by atoms with Gasteiger partial charge < -0.3 is 19.4 Å². The number of para-hydroxylation sites is 2. The molecule has 1 aliphatic carbocycles. The van der Waals surface area contributed by atoms with Crippen molar-refractivity contribution in [2.45, 2.75) is 13.0 Å². The molecule has 188 valence electrons. The number of ether oxygens (including phenoxy) is 2. The van der Waals surface area contributed by atoms with E-state index < -0.39 is 0 Å². The Morgan fingerprint density at radius 2 is 1.81 bits per heavy atom. The van der Waals surface area contributed by atoms with Gasteiger partial charge in [0, 0.05) is 31.1 Å². The monoisotopic (exact) mass is 513 g/mol. The molecule has 37 heavy (non-hydrogen) atoms. The van der Waals surface area contributed by atoms with Crippen LogP contribution in [0.1, 0.15) is 5.69 Å². The maximum Gasteiger partial charge on any atom is 0.0999 e. The molecule has 0 spiro atoms. The molecule has 2 heterocycles. The molecular weight excluding hydrogens is 486 g/mol. The van der Waals surface area contributed by atoms with Crippen LogP contribution in [0.5, 0.6) is 0 Å². The van der Waals surface area contributed by atoms with E-state index in [-0.39, 0.29) is 6.10 Å². The van der Waals surface area contributed by atoms with Crippen molar-refractivity contribution in [1.29, 1.82) is 0 Å². The summed E-state index contributed by atoms with van der Waals surface area (Å²) >= 11 is 6.21.